The average molecular weight is 223 g/mol. The van der Waals surface area contributed by atoms with Gasteiger partial charge in [-0.1, -0.05) is 26.0 Å². The van der Waals surface area contributed by atoms with Gasteiger partial charge >= 0.3 is 0 Å². The third-order valence-electron chi connectivity index (χ3n) is 3.31. The van der Waals surface area contributed by atoms with Crippen molar-refractivity contribution in [1.82, 2.24) is 5.32 Å². The Morgan fingerprint density at radius 1 is 1.25 bits per heavy atom. The maximum Gasteiger partial charge on any atom is 0.123 e. The molecule has 0 saturated heterocycles. The Labute approximate surface area is 98.1 Å². The molecule has 0 heterocycles. The summed E-state index contributed by atoms with van der Waals surface area (Å²) in [7, 11) is 1.98. The van der Waals surface area contributed by atoms with Crippen molar-refractivity contribution in [3.8, 4) is 0 Å². The molecular weight excluding hydrogens is 201 g/mol. The Hall–Kier alpha value is -0.890. The Kier molecular flexibility index (Phi) is 4.94. The molecule has 2 heteroatoms. The van der Waals surface area contributed by atoms with E-state index in [9.17, 15) is 4.39 Å². The summed E-state index contributed by atoms with van der Waals surface area (Å²) in [6, 6.07) is 7.36. The third kappa shape index (κ3) is 3.60. The van der Waals surface area contributed by atoms with Crippen molar-refractivity contribution in [3.63, 3.8) is 0 Å². The van der Waals surface area contributed by atoms with Crippen molar-refractivity contribution >= 4 is 0 Å². The molecule has 0 fully saturated rings. The molecule has 1 aromatic carbocycles. The molecule has 0 amide bonds. The van der Waals surface area contributed by atoms with Crippen LogP contribution >= 0.6 is 0 Å². The average Bonchev–Trinajstić information content (AvgIpc) is 2.24. The lowest BCUT2D eigenvalue weighted by Gasteiger charge is -2.27. The van der Waals surface area contributed by atoms with Crippen LogP contribution in [0.3, 0.4) is 0 Å². The molecule has 2 unspecified atom stereocenters. The van der Waals surface area contributed by atoms with Gasteiger partial charge in [0.1, 0.15) is 5.82 Å². The Morgan fingerprint density at radius 3 is 2.44 bits per heavy atom. The minimum Gasteiger partial charge on any atom is -0.317 e. The van der Waals surface area contributed by atoms with E-state index in [0.29, 0.717) is 17.9 Å². The van der Waals surface area contributed by atoms with Crippen molar-refractivity contribution in [1.29, 1.82) is 0 Å². The van der Waals surface area contributed by atoms with Gasteiger partial charge in [-0.25, -0.2) is 4.39 Å². The van der Waals surface area contributed by atoms with E-state index in [1.165, 1.54) is 6.07 Å². The lowest BCUT2D eigenvalue weighted by atomic mass is 9.84. The minimum atomic E-state index is -0.142. The third-order valence-corrected chi connectivity index (χ3v) is 3.31. The first kappa shape index (κ1) is 13.2. The molecule has 0 aliphatic rings. The van der Waals surface area contributed by atoms with Crippen molar-refractivity contribution in [2.75, 3.05) is 7.05 Å². The number of rotatable bonds is 5. The van der Waals surface area contributed by atoms with Gasteiger partial charge in [0.05, 0.1) is 0 Å². The lowest BCUT2D eigenvalue weighted by molar-refractivity contribution is 0.300. The van der Waals surface area contributed by atoms with Crippen molar-refractivity contribution in [2.45, 2.75) is 33.2 Å². The largest absolute Gasteiger partial charge is 0.317 e. The summed E-state index contributed by atoms with van der Waals surface area (Å²) in [6.45, 7) is 6.62. The van der Waals surface area contributed by atoms with Gasteiger partial charge in [0.15, 0.2) is 0 Å². The number of benzene rings is 1. The SMILES string of the molecule is CNC(C)C(Cc1cccc(F)c1)C(C)C. The fourth-order valence-electron chi connectivity index (χ4n) is 2.14. The highest BCUT2D eigenvalue weighted by molar-refractivity contribution is 5.17. The normalized spacial score (nSPS) is 15.1. The van der Waals surface area contributed by atoms with E-state index in [1.807, 2.05) is 13.1 Å². The summed E-state index contributed by atoms with van der Waals surface area (Å²) in [4.78, 5) is 0. The van der Waals surface area contributed by atoms with Crippen LogP contribution in [0.5, 0.6) is 0 Å². The van der Waals surface area contributed by atoms with Crippen LogP contribution in [0.4, 0.5) is 4.39 Å². The number of nitrogens with one attached hydrogen (secondary N) is 1. The second kappa shape index (κ2) is 6.00. The van der Waals surface area contributed by atoms with Crippen LogP contribution in [0.15, 0.2) is 24.3 Å². The van der Waals surface area contributed by atoms with Crippen molar-refractivity contribution in [2.24, 2.45) is 11.8 Å². The maximum atomic E-state index is 13.1. The standard InChI is InChI=1S/C14H22FN/c1-10(2)14(11(3)16-4)9-12-6-5-7-13(15)8-12/h5-8,10-11,14,16H,9H2,1-4H3. The Balaban J connectivity index is 2.75. The molecule has 0 radical (unpaired) electrons. The molecule has 1 aromatic rings. The van der Waals surface area contributed by atoms with E-state index < -0.39 is 0 Å². The zero-order valence-corrected chi connectivity index (χ0v) is 10.6. The lowest BCUT2D eigenvalue weighted by Crippen LogP contribution is -2.35. The van der Waals surface area contributed by atoms with Crippen molar-refractivity contribution < 1.29 is 4.39 Å². The van der Waals surface area contributed by atoms with E-state index in [0.717, 1.165) is 12.0 Å². The minimum absolute atomic E-state index is 0.142. The van der Waals surface area contributed by atoms with Gasteiger partial charge in [-0.3, -0.25) is 0 Å². The number of hydrogen-bond acceptors (Lipinski definition) is 1. The Morgan fingerprint density at radius 2 is 1.94 bits per heavy atom. The van der Waals surface area contributed by atoms with Gasteiger partial charge < -0.3 is 5.32 Å². The van der Waals surface area contributed by atoms with Crippen LogP contribution in [0.1, 0.15) is 26.3 Å². The molecule has 1 N–H and O–H groups in total. The fourth-order valence-corrected chi connectivity index (χ4v) is 2.14. The van der Waals surface area contributed by atoms with Crippen LogP contribution in [0.2, 0.25) is 0 Å². The molecule has 90 valence electrons. The summed E-state index contributed by atoms with van der Waals surface area (Å²) in [5.74, 6) is 0.981. The fraction of sp³-hybridized carbons (Fsp3) is 0.571. The smallest absolute Gasteiger partial charge is 0.123 e. The van der Waals surface area contributed by atoms with E-state index >= 15 is 0 Å². The molecule has 1 rings (SSSR count). The molecule has 0 aliphatic heterocycles. The first-order chi connectivity index (χ1) is 7.54. The first-order valence-electron chi connectivity index (χ1n) is 5.96. The second-order valence-electron chi connectivity index (χ2n) is 4.82. The summed E-state index contributed by atoms with van der Waals surface area (Å²) in [5, 5.41) is 3.29. The van der Waals surface area contributed by atoms with Crippen LogP contribution in [0, 0.1) is 17.7 Å². The summed E-state index contributed by atoms with van der Waals surface area (Å²) in [6.07, 6.45) is 0.928. The maximum absolute atomic E-state index is 13.1. The first-order valence-corrected chi connectivity index (χ1v) is 5.96. The molecular formula is C14H22FN. The summed E-state index contributed by atoms with van der Waals surface area (Å²) >= 11 is 0. The zero-order valence-electron chi connectivity index (χ0n) is 10.6. The number of hydrogen-bond donors (Lipinski definition) is 1. The topological polar surface area (TPSA) is 12.0 Å². The predicted octanol–water partition coefficient (Wildman–Crippen LogP) is 3.25. The van der Waals surface area contributed by atoms with Gasteiger partial charge in [0.25, 0.3) is 0 Å². The molecule has 0 bridgehead atoms. The van der Waals surface area contributed by atoms with Crippen molar-refractivity contribution in [3.05, 3.63) is 35.6 Å². The van der Waals surface area contributed by atoms with Gasteiger partial charge in [-0.05, 0) is 49.9 Å². The summed E-state index contributed by atoms with van der Waals surface area (Å²) < 4.78 is 13.1. The monoisotopic (exact) mass is 223 g/mol. The van der Waals surface area contributed by atoms with Gasteiger partial charge in [0.2, 0.25) is 0 Å². The molecule has 16 heavy (non-hydrogen) atoms. The molecule has 0 saturated carbocycles. The molecule has 0 spiro atoms. The van der Waals surface area contributed by atoms with E-state index in [1.54, 1.807) is 12.1 Å². The molecule has 2 atom stereocenters. The second-order valence-corrected chi connectivity index (χ2v) is 4.82. The van der Waals surface area contributed by atoms with Crippen LogP contribution < -0.4 is 5.32 Å². The number of halogens is 1. The highest BCUT2D eigenvalue weighted by atomic mass is 19.1. The van der Waals surface area contributed by atoms with Crippen LogP contribution in [0.25, 0.3) is 0 Å². The highest BCUT2D eigenvalue weighted by Crippen LogP contribution is 2.21. The van der Waals surface area contributed by atoms with Crippen LogP contribution in [-0.2, 0) is 6.42 Å². The van der Waals surface area contributed by atoms with E-state index in [-0.39, 0.29) is 5.82 Å². The molecule has 0 aromatic heterocycles. The molecule has 0 aliphatic carbocycles. The van der Waals surface area contributed by atoms with E-state index in [2.05, 4.69) is 26.1 Å². The zero-order chi connectivity index (χ0) is 12.1. The van der Waals surface area contributed by atoms with Gasteiger partial charge in [-0.15, -0.1) is 0 Å². The quantitative estimate of drug-likeness (QED) is 0.808. The predicted molar refractivity (Wildman–Crippen MR) is 67.0 cm³/mol. The van der Waals surface area contributed by atoms with Crippen LogP contribution in [-0.4, -0.2) is 13.1 Å². The van der Waals surface area contributed by atoms with Gasteiger partial charge in [0, 0.05) is 6.04 Å². The summed E-state index contributed by atoms with van der Waals surface area (Å²) in [5.41, 5.74) is 1.08. The molecule has 1 nitrogen and oxygen atoms in total. The highest BCUT2D eigenvalue weighted by Gasteiger charge is 2.19. The van der Waals surface area contributed by atoms with E-state index in [4.69, 9.17) is 0 Å². The van der Waals surface area contributed by atoms with Gasteiger partial charge in [-0.2, -0.15) is 0 Å². The Bertz CT molecular complexity index is 322.